The van der Waals surface area contributed by atoms with Gasteiger partial charge in [0.25, 0.3) is 5.91 Å². The van der Waals surface area contributed by atoms with Crippen molar-refractivity contribution >= 4 is 11.6 Å². The smallest absolute Gasteiger partial charge is 0.255 e. The van der Waals surface area contributed by atoms with Crippen LogP contribution in [-0.2, 0) is 11.3 Å². The number of morpholine rings is 1. The molecule has 1 fully saturated rings. The second-order valence-electron chi connectivity index (χ2n) is 6.08. The minimum absolute atomic E-state index is 0.160. The van der Waals surface area contributed by atoms with Crippen LogP contribution in [0.4, 0.5) is 5.69 Å². The Morgan fingerprint density at radius 2 is 1.92 bits per heavy atom. The van der Waals surface area contributed by atoms with Crippen molar-refractivity contribution in [2.24, 2.45) is 0 Å². The summed E-state index contributed by atoms with van der Waals surface area (Å²) in [4.78, 5) is 14.9. The molecular weight excluding hydrogens is 320 g/mol. The highest BCUT2D eigenvalue weighted by Gasteiger charge is 2.19. The molecule has 2 aromatic carbocycles. The summed E-state index contributed by atoms with van der Waals surface area (Å²) in [7, 11) is 0. The van der Waals surface area contributed by atoms with Crippen LogP contribution in [0.25, 0.3) is 0 Å². The normalized spacial score (nSPS) is 16.6. The lowest BCUT2D eigenvalue weighted by Crippen LogP contribution is -2.35. The van der Waals surface area contributed by atoms with Crippen molar-refractivity contribution in [2.45, 2.75) is 6.54 Å². The average Bonchev–Trinajstić information content (AvgIpc) is 3.13. The number of rotatable bonds is 4. The van der Waals surface area contributed by atoms with Crippen LogP contribution in [0.2, 0.25) is 0 Å². The van der Waals surface area contributed by atoms with Crippen LogP contribution in [0.15, 0.2) is 42.5 Å². The number of anilines is 1. The molecule has 0 aromatic heterocycles. The van der Waals surface area contributed by atoms with Crippen LogP contribution in [0.5, 0.6) is 11.5 Å². The Morgan fingerprint density at radius 1 is 1.08 bits per heavy atom. The molecule has 6 nitrogen and oxygen atoms in total. The number of hydrogen-bond donors (Lipinski definition) is 1. The van der Waals surface area contributed by atoms with E-state index < -0.39 is 0 Å². The van der Waals surface area contributed by atoms with Gasteiger partial charge in [-0.3, -0.25) is 9.69 Å². The second kappa shape index (κ2) is 7.13. The van der Waals surface area contributed by atoms with Crippen LogP contribution >= 0.6 is 0 Å². The molecule has 4 rings (SSSR count). The molecule has 130 valence electrons. The zero-order valence-electron chi connectivity index (χ0n) is 13.9. The summed E-state index contributed by atoms with van der Waals surface area (Å²) in [6.07, 6.45) is 0. The van der Waals surface area contributed by atoms with E-state index in [1.807, 2.05) is 42.5 Å². The maximum Gasteiger partial charge on any atom is 0.255 e. The third-order valence-electron chi connectivity index (χ3n) is 4.34. The van der Waals surface area contributed by atoms with Gasteiger partial charge in [0.1, 0.15) is 0 Å². The lowest BCUT2D eigenvalue weighted by atomic mass is 10.1. The van der Waals surface area contributed by atoms with Gasteiger partial charge in [0.15, 0.2) is 11.5 Å². The second-order valence-corrected chi connectivity index (χ2v) is 6.08. The molecule has 0 atom stereocenters. The summed E-state index contributed by atoms with van der Waals surface area (Å²) in [5.74, 6) is 1.08. The van der Waals surface area contributed by atoms with Crippen LogP contribution in [0, 0.1) is 0 Å². The van der Waals surface area contributed by atoms with E-state index >= 15 is 0 Å². The molecule has 2 aliphatic heterocycles. The minimum atomic E-state index is -0.160. The summed E-state index contributed by atoms with van der Waals surface area (Å²) in [6.45, 7) is 4.37. The van der Waals surface area contributed by atoms with Gasteiger partial charge in [-0.05, 0) is 29.8 Å². The predicted octanol–water partition coefficient (Wildman–Crippen LogP) is 2.50. The number of ether oxygens (including phenoxy) is 3. The predicted molar refractivity (Wildman–Crippen MR) is 93.1 cm³/mol. The number of carbonyl (C=O) groups excluding carboxylic acids is 1. The van der Waals surface area contributed by atoms with Crippen LogP contribution in [0.3, 0.4) is 0 Å². The molecule has 0 bridgehead atoms. The molecule has 1 amide bonds. The first-order valence-corrected chi connectivity index (χ1v) is 8.38. The monoisotopic (exact) mass is 340 g/mol. The maximum atomic E-state index is 12.6. The van der Waals surface area contributed by atoms with Gasteiger partial charge in [0, 0.05) is 25.2 Å². The zero-order chi connectivity index (χ0) is 17.1. The van der Waals surface area contributed by atoms with Gasteiger partial charge in [-0.15, -0.1) is 0 Å². The molecule has 2 aliphatic rings. The number of nitrogens with zero attached hydrogens (tertiary/aromatic N) is 1. The van der Waals surface area contributed by atoms with Crippen LogP contribution in [-0.4, -0.2) is 43.9 Å². The minimum Gasteiger partial charge on any atom is -0.454 e. The molecule has 0 radical (unpaired) electrons. The molecule has 1 N–H and O–H groups in total. The maximum absolute atomic E-state index is 12.6. The first-order chi connectivity index (χ1) is 12.3. The van der Waals surface area contributed by atoms with Crippen molar-refractivity contribution in [3.05, 3.63) is 53.6 Å². The van der Waals surface area contributed by atoms with Crippen molar-refractivity contribution < 1.29 is 19.0 Å². The van der Waals surface area contributed by atoms with Crippen LogP contribution < -0.4 is 14.8 Å². The lowest BCUT2D eigenvalue weighted by Gasteiger charge is -2.26. The fourth-order valence-corrected chi connectivity index (χ4v) is 3.05. The molecule has 0 unspecified atom stereocenters. The van der Waals surface area contributed by atoms with E-state index in [-0.39, 0.29) is 12.7 Å². The number of carbonyl (C=O) groups is 1. The Kier molecular flexibility index (Phi) is 4.54. The molecule has 25 heavy (non-hydrogen) atoms. The Hall–Kier alpha value is -2.57. The molecule has 0 spiro atoms. The van der Waals surface area contributed by atoms with Crippen molar-refractivity contribution in [3.63, 3.8) is 0 Å². The van der Waals surface area contributed by atoms with E-state index in [1.54, 1.807) is 0 Å². The zero-order valence-corrected chi connectivity index (χ0v) is 13.9. The first kappa shape index (κ1) is 15.9. The van der Waals surface area contributed by atoms with Crippen molar-refractivity contribution in [2.75, 3.05) is 38.4 Å². The average molecular weight is 340 g/mol. The summed E-state index contributed by atoms with van der Waals surface area (Å²) in [5.41, 5.74) is 2.37. The molecule has 0 aliphatic carbocycles. The summed E-state index contributed by atoms with van der Waals surface area (Å²) < 4.78 is 16.2. The third-order valence-corrected chi connectivity index (χ3v) is 4.34. The van der Waals surface area contributed by atoms with Gasteiger partial charge in [-0.1, -0.05) is 18.2 Å². The van der Waals surface area contributed by atoms with Crippen molar-refractivity contribution in [1.29, 1.82) is 0 Å². The topological polar surface area (TPSA) is 60.0 Å². The molecular formula is C19H20N2O4. The molecule has 2 aromatic rings. The largest absolute Gasteiger partial charge is 0.454 e. The number of benzene rings is 2. The molecule has 0 saturated carbocycles. The SMILES string of the molecule is O=C(Nc1cccc2c1OCO2)c1cccc(CN2CCOCC2)c1. The summed E-state index contributed by atoms with van der Waals surface area (Å²) in [6, 6.07) is 13.2. The van der Waals surface area contributed by atoms with Gasteiger partial charge in [-0.25, -0.2) is 0 Å². The fourth-order valence-electron chi connectivity index (χ4n) is 3.05. The van der Waals surface area contributed by atoms with Gasteiger partial charge in [0.2, 0.25) is 6.79 Å². The molecule has 6 heteroatoms. The van der Waals surface area contributed by atoms with E-state index in [9.17, 15) is 4.79 Å². The number of hydrogen-bond acceptors (Lipinski definition) is 5. The van der Waals surface area contributed by atoms with E-state index in [1.165, 1.54) is 0 Å². The number of para-hydroxylation sites is 1. The van der Waals surface area contributed by atoms with E-state index in [0.29, 0.717) is 22.7 Å². The van der Waals surface area contributed by atoms with Gasteiger partial charge in [-0.2, -0.15) is 0 Å². The summed E-state index contributed by atoms with van der Waals surface area (Å²) >= 11 is 0. The van der Waals surface area contributed by atoms with E-state index in [2.05, 4.69) is 10.2 Å². The van der Waals surface area contributed by atoms with Crippen LogP contribution in [0.1, 0.15) is 15.9 Å². The highest BCUT2D eigenvalue weighted by Crippen LogP contribution is 2.38. The van der Waals surface area contributed by atoms with Gasteiger partial charge >= 0.3 is 0 Å². The third kappa shape index (κ3) is 3.60. The van der Waals surface area contributed by atoms with Crippen molar-refractivity contribution in [1.82, 2.24) is 4.90 Å². The lowest BCUT2D eigenvalue weighted by molar-refractivity contribution is 0.0342. The van der Waals surface area contributed by atoms with Gasteiger partial charge in [0.05, 0.1) is 18.9 Å². The first-order valence-electron chi connectivity index (χ1n) is 8.38. The Balaban J connectivity index is 1.47. The number of fused-ring (bicyclic) bond motifs is 1. The van der Waals surface area contributed by atoms with Crippen molar-refractivity contribution in [3.8, 4) is 11.5 Å². The molecule has 1 saturated heterocycles. The Bertz CT molecular complexity index is 772. The standard InChI is InChI=1S/C19H20N2O4/c22-19(20-16-5-2-6-17-18(16)25-13-24-17)15-4-1-3-14(11-15)12-21-7-9-23-10-8-21/h1-6,11H,7-10,12-13H2,(H,20,22). The highest BCUT2D eigenvalue weighted by molar-refractivity contribution is 6.05. The van der Waals surface area contributed by atoms with E-state index in [0.717, 1.165) is 38.4 Å². The fraction of sp³-hybridized carbons (Fsp3) is 0.316. The van der Waals surface area contributed by atoms with E-state index in [4.69, 9.17) is 14.2 Å². The van der Waals surface area contributed by atoms with Gasteiger partial charge < -0.3 is 19.5 Å². The highest BCUT2D eigenvalue weighted by atomic mass is 16.7. The Morgan fingerprint density at radius 3 is 2.80 bits per heavy atom. The quantitative estimate of drug-likeness (QED) is 0.927. The number of nitrogens with one attached hydrogen (secondary N) is 1. The summed E-state index contributed by atoms with van der Waals surface area (Å²) in [5, 5.41) is 2.91. The Labute approximate surface area is 146 Å². The molecule has 2 heterocycles. The number of amides is 1.